The maximum atomic E-state index is 11.9. The van der Waals surface area contributed by atoms with Gasteiger partial charge in [0.15, 0.2) is 0 Å². The number of aromatic nitrogens is 1. The molecule has 1 amide bonds. The summed E-state index contributed by atoms with van der Waals surface area (Å²) in [6.45, 7) is 0. The molecule has 5 nitrogen and oxygen atoms in total. The van der Waals surface area contributed by atoms with E-state index in [1.165, 1.54) is 0 Å². The van der Waals surface area contributed by atoms with Crippen molar-refractivity contribution in [2.24, 2.45) is 11.8 Å². The number of carboxylic acids is 1. The number of halogens is 1. The quantitative estimate of drug-likeness (QED) is 0.897. The average Bonchev–Trinajstić information content (AvgIpc) is 2.78. The van der Waals surface area contributed by atoms with Crippen LogP contribution in [-0.4, -0.2) is 22.0 Å². The molecule has 1 fully saturated rings. The predicted octanol–water partition coefficient (Wildman–Crippen LogP) is 2.28. The van der Waals surface area contributed by atoms with Crippen molar-refractivity contribution in [2.45, 2.75) is 19.3 Å². The van der Waals surface area contributed by atoms with Crippen LogP contribution in [0.25, 0.3) is 0 Å². The summed E-state index contributed by atoms with van der Waals surface area (Å²) in [6, 6.07) is 1.76. The normalized spacial score (nSPS) is 22.7. The molecule has 1 aliphatic rings. The molecule has 6 heteroatoms. The number of nitrogens with one attached hydrogen (secondary N) is 1. The number of amides is 1. The highest BCUT2D eigenvalue weighted by molar-refractivity contribution is 9.10. The molecule has 2 atom stereocenters. The van der Waals surface area contributed by atoms with Crippen LogP contribution in [0.2, 0.25) is 0 Å². The summed E-state index contributed by atoms with van der Waals surface area (Å²) in [6.07, 6.45) is 4.81. The van der Waals surface area contributed by atoms with Gasteiger partial charge >= 0.3 is 5.97 Å². The Bertz CT molecular complexity index is 478. The summed E-state index contributed by atoms with van der Waals surface area (Å²) in [5.41, 5.74) is 0.619. The Morgan fingerprint density at radius 2 is 2.06 bits per heavy atom. The number of carbonyl (C=O) groups excluding carboxylic acids is 1. The summed E-state index contributed by atoms with van der Waals surface area (Å²) < 4.78 is 0.787. The highest BCUT2D eigenvalue weighted by Gasteiger charge is 2.33. The minimum atomic E-state index is -0.811. The van der Waals surface area contributed by atoms with Gasteiger partial charge in [0.05, 0.1) is 17.8 Å². The molecule has 0 spiro atoms. The van der Waals surface area contributed by atoms with Gasteiger partial charge in [0, 0.05) is 16.6 Å². The van der Waals surface area contributed by atoms with Crippen molar-refractivity contribution in [1.29, 1.82) is 0 Å². The molecule has 1 aromatic rings. The topological polar surface area (TPSA) is 79.3 Å². The van der Waals surface area contributed by atoms with E-state index in [-0.39, 0.29) is 17.7 Å². The van der Waals surface area contributed by atoms with E-state index in [1.807, 2.05) is 0 Å². The van der Waals surface area contributed by atoms with E-state index in [9.17, 15) is 9.59 Å². The Morgan fingerprint density at radius 3 is 2.67 bits per heavy atom. The number of hydrogen-bond acceptors (Lipinski definition) is 3. The molecule has 2 rings (SSSR count). The first kappa shape index (κ1) is 13.0. The number of anilines is 1. The lowest BCUT2D eigenvalue weighted by Crippen LogP contribution is -2.21. The minimum Gasteiger partial charge on any atom is -0.481 e. The van der Waals surface area contributed by atoms with Crippen molar-refractivity contribution in [3.05, 3.63) is 22.9 Å². The Morgan fingerprint density at radius 1 is 1.33 bits per heavy atom. The zero-order valence-corrected chi connectivity index (χ0v) is 11.2. The molecule has 1 heterocycles. The molecular formula is C12H13BrN2O3. The van der Waals surface area contributed by atoms with E-state index >= 15 is 0 Å². The van der Waals surface area contributed by atoms with E-state index in [1.54, 1.807) is 18.5 Å². The van der Waals surface area contributed by atoms with Crippen LogP contribution in [0.3, 0.4) is 0 Å². The lowest BCUT2D eigenvalue weighted by Gasteiger charge is -2.10. The second-order valence-electron chi connectivity index (χ2n) is 4.43. The zero-order chi connectivity index (χ0) is 13.1. The van der Waals surface area contributed by atoms with Gasteiger partial charge in [0.1, 0.15) is 0 Å². The first-order chi connectivity index (χ1) is 8.56. The van der Waals surface area contributed by atoms with Gasteiger partial charge in [-0.05, 0) is 41.3 Å². The molecule has 0 radical (unpaired) electrons. The average molecular weight is 313 g/mol. The lowest BCUT2D eigenvalue weighted by atomic mass is 10.0. The fraction of sp³-hybridized carbons (Fsp3) is 0.417. The molecular weight excluding hydrogens is 300 g/mol. The standard InChI is InChI=1S/C12H13BrN2O3/c13-9-4-10(6-14-5-9)15-11(16)7-1-2-8(3-7)12(17)18/h4-8H,1-3H2,(H,15,16)(H,17,18)/t7-,8+/m0/s1. The number of aliphatic carboxylic acids is 1. The molecule has 18 heavy (non-hydrogen) atoms. The first-order valence-electron chi connectivity index (χ1n) is 5.70. The van der Waals surface area contributed by atoms with Crippen LogP contribution in [0.5, 0.6) is 0 Å². The predicted molar refractivity (Wildman–Crippen MR) is 69.0 cm³/mol. The molecule has 0 bridgehead atoms. The van der Waals surface area contributed by atoms with Crippen LogP contribution in [0.15, 0.2) is 22.9 Å². The van der Waals surface area contributed by atoms with Gasteiger partial charge in [0.2, 0.25) is 5.91 Å². The van der Waals surface area contributed by atoms with Crippen molar-refractivity contribution in [3.8, 4) is 0 Å². The SMILES string of the molecule is O=C(O)[C@@H]1CC[C@H](C(=O)Nc2cncc(Br)c2)C1. The van der Waals surface area contributed by atoms with Crippen molar-refractivity contribution in [3.63, 3.8) is 0 Å². The van der Waals surface area contributed by atoms with Crippen LogP contribution < -0.4 is 5.32 Å². The molecule has 2 N–H and O–H groups in total. The number of carbonyl (C=O) groups is 2. The highest BCUT2D eigenvalue weighted by atomic mass is 79.9. The van der Waals surface area contributed by atoms with E-state index in [4.69, 9.17) is 5.11 Å². The van der Waals surface area contributed by atoms with Gasteiger partial charge in [-0.15, -0.1) is 0 Å². The fourth-order valence-corrected chi connectivity index (χ4v) is 2.53. The number of rotatable bonds is 3. The molecule has 1 saturated carbocycles. The van der Waals surface area contributed by atoms with E-state index in [2.05, 4.69) is 26.2 Å². The fourth-order valence-electron chi connectivity index (χ4n) is 2.17. The van der Waals surface area contributed by atoms with E-state index in [0.29, 0.717) is 24.9 Å². The summed E-state index contributed by atoms with van der Waals surface area (Å²) in [7, 11) is 0. The van der Waals surface area contributed by atoms with Crippen molar-refractivity contribution < 1.29 is 14.7 Å². The third-order valence-corrected chi connectivity index (χ3v) is 3.56. The van der Waals surface area contributed by atoms with Crippen LogP contribution in [0, 0.1) is 11.8 Å². The second-order valence-corrected chi connectivity index (χ2v) is 5.34. The molecule has 96 valence electrons. The Labute approximate surface area is 113 Å². The summed E-state index contributed by atoms with van der Waals surface area (Å²) in [5, 5.41) is 11.7. The summed E-state index contributed by atoms with van der Waals surface area (Å²) >= 11 is 3.27. The van der Waals surface area contributed by atoms with Gasteiger partial charge in [-0.1, -0.05) is 0 Å². The molecule has 0 unspecified atom stereocenters. The lowest BCUT2D eigenvalue weighted by molar-refractivity contribution is -0.141. The monoisotopic (exact) mass is 312 g/mol. The van der Waals surface area contributed by atoms with Crippen LogP contribution in [0.1, 0.15) is 19.3 Å². The van der Waals surface area contributed by atoms with Crippen LogP contribution in [0.4, 0.5) is 5.69 Å². The Hall–Kier alpha value is -1.43. The summed E-state index contributed by atoms with van der Waals surface area (Å²) in [5.74, 6) is -1.54. The maximum absolute atomic E-state index is 11.9. The van der Waals surface area contributed by atoms with Crippen molar-refractivity contribution in [2.75, 3.05) is 5.32 Å². The van der Waals surface area contributed by atoms with Crippen LogP contribution >= 0.6 is 15.9 Å². The van der Waals surface area contributed by atoms with Gasteiger partial charge in [-0.3, -0.25) is 14.6 Å². The Kier molecular flexibility index (Phi) is 3.96. The molecule has 1 aromatic heterocycles. The third-order valence-electron chi connectivity index (χ3n) is 3.13. The highest BCUT2D eigenvalue weighted by Crippen LogP contribution is 2.31. The van der Waals surface area contributed by atoms with Crippen LogP contribution in [-0.2, 0) is 9.59 Å². The summed E-state index contributed by atoms with van der Waals surface area (Å²) in [4.78, 5) is 26.7. The molecule has 0 aromatic carbocycles. The van der Waals surface area contributed by atoms with Gasteiger partial charge in [0.25, 0.3) is 0 Å². The number of nitrogens with zero attached hydrogens (tertiary/aromatic N) is 1. The van der Waals surface area contributed by atoms with E-state index in [0.717, 1.165) is 4.47 Å². The van der Waals surface area contributed by atoms with Crippen molar-refractivity contribution in [1.82, 2.24) is 4.98 Å². The maximum Gasteiger partial charge on any atom is 0.306 e. The smallest absolute Gasteiger partial charge is 0.306 e. The largest absolute Gasteiger partial charge is 0.481 e. The molecule has 1 aliphatic carbocycles. The Balaban J connectivity index is 1.95. The second kappa shape index (κ2) is 5.48. The first-order valence-corrected chi connectivity index (χ1v) is 6.50. The van der Waals surface area contributed by atoms with E-state index < -0.39 is 5.97 Å². The minimum absolute atomic E-state index is 0.126. The number of carboxylic acid groups (broad SMARTS) is 1. The molecule has 0 saturated heterocycles. The molecule has 0 aliphatic heterocycles. The van der Waals surface area contributed by atoms with Gasteiger partial charge in [-0.2, -0.15) is 0 Å². The zero-order valence-electron chi connectivity index (χ0n) is 9.60. The van der Waals surface area contributed by atoms with Gasteiger partial charge in [-0.25, -0.2) is 0 Å². The number of hydrogen-bond donors (Lipinski definition) is 2. The number of pyridine rings is 1. The third kappa shape index (κ3) is 3.07. The van der Waals surface area contributed by atoms with Crippen molar-refractivity contribution >= 4 is 33.5 Å². The van der Waals surface area contributed by atoms with Gasteiger partial charge < -0.3 is 10.4 Å².